The third-order valence-electron chi connectivity index (χ3n) is 6.95. The highest BCUT2D eigenvalue weighted by Gasteiger charge is 2.34. The Kier molecular flexibility index (Phi) is 4.68. The second kappa shape index (κ2) is 8.06. The lowest BCUT2D eigenvalue weighted by molar-refractivity contribution is 0.593. The zero-order valence-corrected chi connectivity index (χ0v) is 20.2. The Morgan fingerprint density at radius 3 is 1.89 bits per heavy atom. The Balaban J connectivity index is 1.77. The fraction of sp³-hybridized carbons (Fsp3) is 0. The first-order valence-corrected chi connectivity index (χ1v) is 13.6. The molecule has 0 unspecified atom stereocenters. The normalized spacial score (nSPS) is 11.8. The Labute approximate surface area is 209 Å². The SMILES string of the molecule is O=P(c1ccccc1)(c1ccccc1)c1c2ccc3c#cccc3c2nc2c1ccc1ccccc12. The van der Waals surface area contributed by atoms with Gasteiger partial charge in [0.05, 0.1) is 11.0 Å². The van der Waals surface area contributed by atoms with Gasteiger partial charge in [-0.15, -0.1) is 0 Å². The summed E-state index contributed by atoms with van der Waals surface area (Å²) in [4.78, 5) is 5.24. The van der Waals surface area contributed by atoms with Crippen molar-refractivity contribution in [3.8, 4) is 0 Å². The summed E-state index contributed by atoms with van der Waals surface area (Å²) in [6.07, 6.45) is 0. The second-order valence-electron chi connectivity index (χ2n) is 8.95. The molecule has 0 N–H and O–H groups in total. The van der Waals surface area contributed by atoms with E-state index >= 15 is 4.57 Å². The fourth-order valence-electron chi connectivity index (χ4n) is 5.29. The van der Waals surface area contributed by atoms with Crippen LogP contribution >= 0.6 is 7.14 Å². The number of hydrogen-bond acceptors (Lipinski definition) is 2. The van der Waals surface area contributed by atoms with Crippen LogP contribution in [0, 0.1) is 12.1 Å². The van der Waals surface area contributed by atoms with Crippen LogP contribution < -0.4 is 15.9 Å². The topological polar surface area (TPSA) is 30.0 Å². The van der Waals surface area contributed by atoms with Crippen LogP contribution in [-0.2, 0) is 4.57 Å². The molecular weight excluding hydrogens is 457 g/mol. The van der Waals surface area contributed by atoms with E-state index in [9.17, 15) is 0 Å². The molecule has 0 fully saturated rings. The molecule has 1 aromatic heterocycles. The molecule has 0 bridgehead atoms. The van der Waals surface area contributed by atoms with E-state index < -0.39 is 7.14 Å². The Bertz CT molecular complexity index is 1830. The van der Waals surface area contributed by atoms with E-state index in [-0.39, 0.29) is 0 Å². The molecule has 0 saturated carbocycles. The third kappa shape index (κ3) is 3.01. The average Bonchev–Trinajstić information content (AvgIpc) is 2.96. The average molecular weight is 478 g/mol. The van der Waals surface area contributed by atoms with Crippen molar-refractivity contribution in [1.29, 1.82) is 0 Å². The van der Waals surface area contributed by atoms with Gasteiger partial charge < -0.3 is 4.57 Å². The minimum absolute atomic E-state index is 0.811. The molecule has 7 aromatic rings. The predicted molar refractivity (Wildman–Crippen MR) is 151 cm³/mol. The van der Waals surface area contributed by atoms with Gasteiger partial charge in [-0.2, -0.15) is 0 Å². The molecule has 0 radical (unpaired) electrons. The monoisotopic (exact) mass is 477 g/mol. The molecule has 0 saturated heterocycles. The lowest BCUT2D eigenvalue weighted by Gasteiger charge is -2.24. The molecule has 2 nitrogen and oxygen atoms in total. The van der Waals surface area contributed by atoms with E-state index in [2.05, 4.69) is 42.5 Å². The van der Waals surface area contributed by atoms with Gasteiger partial charge >= 0.3 is 0 Å². The summed E-state index contributed by atoms with van der Waals surface area (Å²) >= 11 is 0. The van der Waals surface area contributed by atoms with E-state index in [1.54, 1.807) is 0 Å². The number of hydrogen-bond donors (Lipinski definition) is 0. The van der Waals surface area contributed by atoms with E-state index in [0.717, 1.165) is 59.3 Å². The van der Waals surface area contributed by atoms with Gasteiger partial charge in [0.1, 0.15) is 0 Å². The lowest BCUT2D eigenvalue weighted by atomic mass is 10.0. The van der Waals surface area contributed by atoms with Gasteiger partial charge in [0.15, 0.2) is 7.14 Å². The summed E-state index contributed by atoms with van der Waals surface area (Å²) in [5.41, 5.74) is 1.70. The van der Waals surface area contributed by atoms with Gasteiger partial charge in [-0.1, -0.05) is 115 Å². The van der Waals surface area contributed by atoms with Crippen molar-refractivity contribution in [2.75, 3.05) is 0 Å². The first-order valence-electron chi connectivity index (χ1n) is 11.9. The largest absolute Gasteiger partial charge is 0.309 e. The number of fused-ring (bicyclic) bond motifs is 6. The highest BCUT2D eigenvalue weighted by atomic mass is 31.2. The maximum atomic E-state index is 15.7. The van der Waals surface area contributed by atoms with Crippen molar-refractivity contribution in [2.45, 2.75) is 0 Å². The molecule has 0 aliphatic heterocycles. The summed E-state index contributed by atoms with van der Waals surface area (Å²) in [7, 11) is -3.28. The van der Waals surface area contributed by atoms with E-state index in [4.69, 9.17) is 4.98 Å². The van der Waals surface area contributed by atoms with E-state index in [0.29, 0.717) is 0 Å². The van der Waals surface area contributed by atoms with Crippen LogP contribution in [0.5, 0.6) is 0 Å². The Hall–Kier alpha value is -4.44. The molecule has 0 amide bonds. The number of benzene rings is 5. The van der Waals surface area contributed by atoms with Crippen LogP contribution in [0.4, 0.5) is 0 Å². The van der Waals surface area contributed by atoms with Crippen LogP contribution in [0.15, 0.2) is 121 Å². The van der Waals surface area contributed by atoms with Crippen molar-refractivity contribution in [2.24, 2.45) is 0 Å². The third-order valence-corrected chi connectivity index (χ3v) is 10.1. The maximum Gasteiger partial charge on any atom is 0.172 e. The molecular formula is C33H20NOP. The van der Waals surface area contributed by atoms with Gasteiger partial charge in [0, 0.05) is 42.8 Å². The maximum absolute atomic E-state index is 15.7. The molecule has 0 aliphatic rings. The number of pyridine rings is 1. The highest BCUT2D eigenvalue weighted by Crippen LogP contribution is 2.47. The predicted octanol–water partition coefficient (Wildman–Crippen LogP) is 6.93. The van der Waals surface area contributed by atoms with Crippen molar-refractivity contribution in [3.05, 3.63) is 133 Å². The van der Waals surface area contributed by atoms with Gasteiger partial charge in [0.2, 0.25) is 0 Å². The molecule has 168 valence electrons. The Morgan fingerprint density at radius 2 is 1.17 bits per heavy atom. The zero-order valence-electron chi connectivity index (χ0n) is 19.3. The first-order chi connectivity index (χ1) is 17.7. The summed E-state index contributed by atoms with van der Waals surface area (Å²) in [6.45, 7) is 0. The summed E-state index contributed by atoms with van der Waals surface area (Å²) in [6, 6.07) is 46.4. The van der Waals surface area contributed by atoms with Crippen LogP contribution in [0.25, 0.3) is 43.4 Å². The van der Waals surface area contributed by atoms with Gasteiger partial charge in [-0.05, 0) is 23.6 Å². The minimum Gasteiger partial charge on any atom is -0.309 e. The number of aromatic nitrogens is 1. The summed E-state index contributed by atoms with van der Waals surface area (Å²) < 4.78 is 15.7. The van der Waals surface area contributed by atoms with Crippen LogP contribution in [0.1, 0.15) is 0 Å². The van der Waals surface area contributed by atoms with Gasteiger partial charge in [-0.25, -0.2) is 4.98 Å². The van der Waals surface area contributed by atoms with Crippen LogP contribution in [-0.4, -0.2) is 4.98 Å². The molecule has 0 aliphatic carbocycles. The van der Waals surface area contributed by atoms with Crippen molar-refractivity contribution < 1.29 is 4.57 Å². The first kappa shape index (κ1) is 20.9. The minimum atomic E-state index is -3.28. The summed E-state index contributed by atoms with van der Waals surface area (Å²) in [5, 5.41) is 8.36. The highest BCUT2D eigenvalue weighted by molar-refractivity contribution is 7.86. The summed E-state index contributed by atoms with van der Waals surface area (Å²) in [5.74, 6) is 0. The Morgan fingerprint density at radius 1 is 0.556 bits per heavy atom. The molecule has 7 rings (SSSR count). The van der Waals surface area contributed by atoms with E-state index in [1.165, 1.54) is 0 Å². The smallest absolute Gasteiger partial charge is 0.172 e. The van der Waals surface area contributed by atoms with Gasteiger partial charge in [0.25, 0.3) is 0 Å². The molecule has 0 atom stereocenters. The van der Waals surface area contributed by atoms with E-state index in [1.807, 2.05) is 91.0 Å². The molecule has 3 heteroatoms. The molecule has 1 heterocycles. The van der Waals surface area contributed by atoms with Gasteiger partial charge in [-0.3, -0.25) is 0 Å². The van der Waals surface area contributed by atoms with Crippen molar-refractivity contribution in [1.82, 2.24) is 4.98 Å². The fourth-order valence-corrected chi connectivity index (χ4v) is 8.33. The molecule has 6 aromatic carbocycles. The number of rotatable bonds is 3. The zero-order chi connectivity index (χ0) is 24.1. The number of nitrogens with zero attached hydrogens (tertiary/aromatic N) is 1. The molecule has 36 heavy (non-hydrogen) atoms. The quantitative estimate of drug-likeness (QED) is 0.157. The second-order valence-corrected chi connectivity index (χ2v) is 11.6. The van der Waals surface area contributed by atoms with Crippen LogP contribution in [0.3, 0.4) is 0 Å². The van der Waals surface area contributed by atoms with Crippen molar-refractivity contribution >= 4 is 66.4 Å². The van der Waals surface area contributed by atoms with Crippen LogP contribution in [0.2, 0.25) is 0 Å². The van der Waals surface area contributed by atoms with Crippen molar-refractivity contribution in [3.63, 3.8) is 0 Å². The molecule has 0 spiro atoms. The lowest BCUT2D eigenvalue weighted by Crippen LogP contribution is -2.26. The standard InChI is InChI=1S/C33H20NOP/c35-36(25-13-3-1-4-14-25,26-15-5-2-6-16-26)33-29-21-19-23-11-7-9-17-27(23)31(29)34-32-28-18-10-8-12-24(28)20-22-30(32)33/h1-7,9-11,13-22H.